The summed E-state index contributed by atoms with van der Waals surface area (Å²) in [6, 6.07) is 0. The molecule has 0 aliphatic rings. The van der Waals surface area contributed by atoms with Crippen molar-refractivity contribution in [2.45, 2.75) is 251 Å². The molecule has 0 aliphatic carbocycles. The second kappa shape index (κ2) is 48.7. The summed E-state index contributed by atoms with van der Waals surface area (Å²) in [6.45, 7) is 4.85. The van der Waals surface area contributed by atoms with E-state index in [-0.39, 0.29) is 32.2 Å². The average molecular weight is 931 g/mol. The van der Waals surface area contributed by atoms with Crippen molar-refractivity contribution in [2.75, 3.05) is 47.5 Å². The zero-order valence-electron chi connectivity index (χ0n) is 43.6. The highest BCUT2D eigenvalue weighted by atomic mass is 16.7. The first-order valence-corrected chi connectivity index (χ1v) is 27.3. The molecular formula is C57H104NO8+. The number of carboxylic acid groups (broad SMARTS) is 1. The molecule has 0 amide bonds. The van der Waals surface area contributed by atoms with Gasteiger partial charge in [-0.2, -0.15) is 0 Å². The molecule has 0 aromatic rings. The van der Waals surface area contributed by atoms with Gasteiger partial charge in [-0.15, -0.1) is 0 Å². The Morgan fingerprint density at radius 2 is 0.818 bits per heavy atom. The zero-order chi connectivity index (χ0) is 48.4. The average Bonchev–Trinajstić information content (AvgIpc) is 3.28. The van der Waals surface area contributed by atoms with Crippen molar-refractivity contribution < 1.29 is 42.9 Å². The van der Waals surface area contributed by atoms with E-state index in [1.165, 1.54) is 148 Å². The Balaban J connectivity index is 4.30. The summed E-state index contributed by atoms with van der Waals surface area (Å²) < 4.78 is 22.8. The van der Waals surface area contributed by atoms with Crippen LogP contribution in [0.4, 0.5) is 0 Å². The van der Waals surface area contributed by atoms with Crippen molar-refractivity contribution in [1.82, 2.24) is 0 Å². The number of unbranched alkanes of at least 4 members (excludes halogenated alkanes) is 27. The van der Waals surface area contributed by atoms with Crippen molar-refractivity contribution >= 4 is 17.9 Å². The molecule has 9 nitrogen and oxygen atoms in total. The first-order valence-electron chi connectivity index (χ1n) is 27.3. The molecule has 0 bridgehead atoms. The SMILES string of the molecule is CCCCCC/C=C\C/C=C\CCCCCCCCCC(=O)OCC(COC(OCC[N+](C)(C)C)C(=O)O)OC(=O)CCCCCCCCCCCCC/C=C\C/C=C\CCCCCCC. The van der Waals surface area contributed by atoms with Crippen molar-refractivity contribution in [2.24, 2.45) is 0 Å². The van der Waals surface area contributed by atoms with Crippen LogP contribution in [0.3, 0.4) is 0 Å². The second-order valence-corrected chi connectivity index (χ2v) is 19.5. The third-order valence-electron chi connectivity index (χ3n) is 11.8. The molecule has 2 unspecified atom stereocenters. The van der Waals surface area contributed by atoms with Gasteiger partial charge in [0.15, 0.2) is 6.10 Å². The van der Waals surface area contributed by atoms with E-state index in [9.17, 15) is 19.5 Å². The van der Waals surface area contributed by atoms with Gasteiger partial charge in [0.25, 0.3) is 6.29 Å². The van der Waals surface area contributed by atoms with Crippen LogP contribution in [0, 0.1) is 0 Å². The maximum atomic E-state index is 12.8. The molecule has 0 aliphatic heterocycles. The molecule has 384 valence electrons. The third-order valence-corrected chi connectivity index (χ3v) is 11.8. The molecule has 0 fully saturated rings. The van der Waals surface area contributed by atoms with Crippen molar-refractivity contribution in [3.8, 4) is 0 Å². The highest BCUT2D eigenvalue weighted by Crippen LogP contribution is 2.15. The number of likely N-dealkylation sites (N-methyl/N-ethyl adjacent to an activating group) is 1. The molecule has 0 heterocycles. The summed E-state index contributed by atoms with van der Waals surface area (Å²) in [6.07, 6.45) is 56.0. The molecule has 0 spiro atoms. The van der Waals surface area contributed by atoms with Crippen molar-refractivity contribution in [3.63, 3.8) is 0 Å². The van der Waals surface area contributed by atoms with Crippen LogP contribution in [0.15, 0.2) is 48.6 Å². The third kappa shape index (κ3) is 49.2. The summed E-state index contributed by atoms with van der Waals surface area (Å²) in [5.74, 6) is -2.01. The number of ether oxygens (including phenoxy) is 4. The lowest BCUT2D eigenvalue weighted by molar-refractivity contribution is -0.870. The summed E-state index contributed by atoms with van der Waals surface area (Å²) in [5, 5.41) is 9.68. The van der Waals surface area contributed by atoms with E-state index in [0.29, 0.717) is 17.4 Å². The van der Waals surface area contributed by atoms with Crippen LogP contribution in [-0.4, -0.2) is 87.4 Å². The van der Waals surface area contributed by atoms with E-state index in [1.807, 2.05) is 21.1 Å². The minimum Gasteiger partial charge on any atom is -0.477 e. The molecule has 9 heteroatoms. The van der Waals surface area contributed by atoms with Gasteiger partial charge >= 0.3 is 17.9 Å². The van der Waals surface area contributed by atoms with Gasteiger partial charge in [-0.1, -0.05) is 197 Å². The lowest BCUT2D eigenvalue weighted by Gasteiger charge is -2.25. The molecule has 0 rings (SSSR count). The van der Waals surface area contributed by atoms with Crippen LogP contribution >= 0.6 is 0 Å². The van der Waals surface area contributed by atoms with E-state index in [2.05, 4.69) is 62.5 Å². The topological polar surface area (TPSA) is 108 Å². The fourth-order valence-electron chi connectivity index (χ4n) is 7.54. The molecule has 0 aromatic heterocycles. The largest absolute Gasteiger partial charge is 0.477 e. The van der Waals surface area contributed by atoms with Gasteiger partial charge in [0, 0.05) is 12.8 Å². The van der Waals surface area contributed by atoms with E-state index in [1.54, 1.807) is 0 Å². The van der Waals surface area contributed by atoms with Crippen LogP contribution < -0.4 is 0 Å². The number of allylic oxidation sites excluding steroid dienone is 8. The van der Waals surface area contributed by atoms with Gasteiger partial charge in [0.1, 0.15) is 13.2 Å². The summed E-state index contributed by atoms with van der Waals surface area (Å²) >= 11 is 0. The second-order valence-electron chi connectivity index (χ2n) is 19.5. The van der Waals surface area contributed by atoms with E-state index in [4.69, 9.17) is 18.9 Å². The number of carbonyl (C=O) groups excluding carboxylic acids is 2. The van der Waals surface area contributed by atoms with Crippen LogP contribution in [0.25, 0.3) is 0 Å². The van der Waals surface area contributed by atoms with Crippen LogP contribution in [-0.2, 0) is 33.3 Å². The van der Waals surface area contributed by atoms with Gasteiger partial charge in [-0.25, -0.2) is 4.79 Å². The van der Waals surface area contributed by atoms with Crippen molar-refractivity contribution in [3.05, 3.63) is 48.6 Å². The van der Waals surface area contributed by atoms with Gasteiger partial charge in [-0.3, -0.25) is 9.59 Å². The first kappa shape index (κ1) is 63.2. The predicted octanol–water partition coefficient (Wildman–Crippen LogP) is 15.5. The molecule has 1 N–H and O–H groups in total. The standard InChI is InChI=1S/C57H103NO8/c1-6-8-10-12-14-16-18-20-22-24-26-27-28-29-30-32-34-36-38-40-42-44-46-48-55(60)66-53(52-65-57(56(61)62)63-50-49-58(3,4)5)51-64-54(59)47-45-43-41-39-37-35-33-31-25-23-21-19-17-15-13-11-9-7-2/h17-20,23-26,53,57H,6-16,21-22,27-52H2,1-5H3/p+1/b19-17-,20-18-,25-23-,26-24-. The number of carboxylic acids is 1. The van der Waals surface area contributed by atoms with E-state index in [0.717, 1.165) is 64.2 Å². The molecular weight excluding hydrogens is 827 g/mol. The number of rotatable bonds is 50. The van der Waals surface area contributed by atoms with Crippen molar-refractivity contribution in [1.29, 1.82) is 0 Å². The Labute approximate surface area is 406 Å². The lowest BCUT2D eigenvalue weighted by atomic mass is 10.0. The molecule has 66 heavy (non-hydrogen) atoms. The zero-order valence-corrected chi connectivity index (χ0v) is 43.6. The summed E-state index contributed by atoms with van der Waals surface area (Å²) in [5.41, 5.74) is 0. The van der Waals surface area contributed by atoms with E-state index >= 15 is 0 Å². The van der Waals surface area contributed by atoms with Crippen LogP contribution in [0.2, 0.25) is 0 Å². The summed E-state index contributed by atoms with van der Waals surface area (Å²) in [4.78, 5) is 37.3. The maximum Gasteiger partial charge on any atom is 0.361 e. The number of aliphatic carboxylic acids is 1. The highest BCUT2D eigenvalue weighted by Gasteiger charge is 2.25. The quantitative estimate of drug-likeness (QED) is 0.0211. The number of carbonyl (C=O) groups is 3. The fraction of sp³-hybridized carbons (Fsp3) is 0.807. The van der Waals surface area contributed by atoms with E-state index < -0.39 is 24.3 Å². The number of esters is 2. The lowest BCUT2D eigenvalue weighted by Crippen LogP contribution is -2.40. The number of nitrogens with zero attached hydrogens (tertiary/aromatic N) is 1. The number of hydrogen-bond acceptors (Lipinski definition) is 7. The number of quaternary nitrogens is 1. The van der Waals surface area contributed by atoms with Gasteiger partial charge in [0.2, 0.25) is 0 Å². The summed E-state index contributed by atoms with van der Waals surface area (Å²) in [7, 11) is 5.96. The molecule has 0 aromatic carbocycles. The Bertz CT molecular complexity index is 1220. The minimum absolute atomic E-state index is 0.185. The number of hydrogen-bond donors (Lipinski definition) is 1. The Morgan fingerprint density at radius 3 is 1.21 bits per heavy atom. The van der Waals surface area contributed by atoms with Crippen LogP contribution in [0.5, 0.6) is 0 Å². The molecule has 0 saturated carbocycles. The normalized spacial score (nSPS) is 13.2. The molecule has 0 saturated heterocycles. The highest BCUT2D eigenvalue weighted by molar-refractivity contribution is 5.71. The Kier molecular flexibility index (Phi) is 46.7. The van der Waals surface area contributed by atoms with Gasteiger partial charge in [-0.05, 0) is 77.0 Å². The first-order chi connectivity index (χ1) is 32.1. The monoisotopic (exact) mass is 931 g/mol. The Morgan fingerprint density at radius 1 is 0.455 bits per heavy atom. The minimum atomic E-state index is -1.51. The Hall–Kier alpha value is -2.75. The molecule has 2 atom stereocenters. The fourth-order valence-corrected chi connectivity index (χ4v) is 7.54. The smallest absolute Gasteiger partial charge is 0.361 e. The van der Waals surface area contributed by atoms with Crippen LogP contribution in [0.1, 0.15) is 239 Å². The van der Waals surface area contributed by atoms with Gasteiger partial charge < -0.3 is 28.5 Å². The maximum absolute atomic E-state index is 12.8. The van der Waals surface area contributed by atoms with Gasteiger partial charge in [0.05, 0.1) is 34.4 Å². The molecule has 0 radical (unpaired) electrons. The predicted molar refractivity (Wildman–Crippen MR) is 277 cm³/mol.